The summed E-state index contributed by atoms with van der Waals surface area (Å²) in [5, 5.41) is 10.2. The molecular formula is C11H15NO2S2. The Balaban J connectivity index is 2.48. The summed E-state index contributed by atoms with van der Waals surface area (Å²) in [6.45, 7) is 4.82. The molecule has 0 fully saturated rings. The van der Waals surface area contributed by atoms with Crippen molar-refractivity contribution in [1.82, 2.24) is 4.98 Å². The third-order valence-electron chi connectivity index (χ3n) is 1.89. The predicted octanol–water partition coefficient (Wildman–Crippen LogP) is 2.55. The van der Waals surface area contributed by atoms with Crippen molar-refractivity contribution in [2.45, 2.75) is 36.6 Å². The first kappa shape index (κ1) is 13.5. The largest absolute Gasteiger partial charge is 0.383 e. The molecule has 1 N–H and O–H groups in total. The van der Waals surface area contributed by atoms with Gasteiger partial charge in [0.1, 0.15) is 10.6 Å². The zero-order valence-electron chi connectivity index (χ0n) is 9.51. The second-order valence-corrected chi connectivity index (χ2v) is 6.47. The van der Waals surface area contributed by atoms with Gasteiger partial charge < -0.3 is 5.11 Å². The van der Waals surface area contributed by atoms with Crippen molar-refractivity contribution in [1.29, 1.82) is 0 Å². The summed E-state index contributed by atoms with van der Waals surface area (Å²) in [7, 11) is 2.86. The molecule has 3 nitrogen and oxygen atoms in total. The van der Waals surface area contributed by atoms with Crippen LogP contribution in [-0.2, 0) is 4.79 Å². The van der Waals surface area contributed by atoms with Crippen LogP contribution in [0.5, 0.6) is 0 Å². The van der Waals surface area contributed by atoms with E-state index >= 15 is 0 Å². The van der Waals surface area contributed by atoms with Crippen LogP contribution in [0, 0.1) is 0 Å². The van der Waals surface area contributed by atoms with Crippen molar-refractivity contribution in [3.8, 4) is 0 Å². The van der Waals surface area contributed by atoms with E-state index < -0.39 is 5.60 Å². The summed E-state index contributed by atoms with van der Waals surface area (Å²) < 4.78 is 0. The fraction of sp³-hybridized carbons (Fsp3) is 0.455. The van der Waals surface area contributed by atoms with Crippen LogP contribution in [0.3, 0.4) is 0 Å². The fourth-order valence-corrected chi connectivity index (χ4v) is 3.20. The molecule has 1 rings (SSSR count). The predicted molar refractivity (Wildman–Crippen MR) is 68.5 cm³/mol. The number of hydrogen-bond donors (Lipinski definition) is 1. The van der Waals surface area contributed by atoms with Gasteiger partial charge in [-0.05, 0) is 43.7 Å². The highest BCUT2D eigenvalue weighted by Gasteiger charge is 2.29. The van der Waals surface area contributed by atoms with E-state index in [-0.39, 0.29) is 11.0 Å². The molecule has 0 aromatic carbocycles. The first-order valence-electron chi connectivity index (χ1n) is 4.92. The van der Waals surface area contributed by atoms with Gasteiger partial charge in [-0.2, -0.15) is 0 Å². The van der Waals surface area contributed by atoms with E-state index in [2.05, 4.69) is 4.98 Å². The smallest absolute Gasteiger partial charge is 0.177 e. The molecule has 0 amide bonds. The summed E-state index contributed by atoms with van der Waals surface area (Å²) in [6, 6.07) is 5.64. The Morgan fingerprint density at radius 3 is 2.69 bits per heavy atom. The number of rotatable bonds is 5. The molecule has 0 saturated carbocycles. The van der Waals surface area contributed by atoms with Gasteiger partial charge in [0.25, 0.3) is 0 Å². The fourth-order valence-electron chi connectivity index (χ4n) is 1.06. The average Bonchev–Trinajstić information content (AvgIpc) is 2.25. The number of aliphatic hydroxyl groups is 1. The molecule has 0 aliphatic carbocycles. The molecule has 0 spiro atoms. The minimum absolute atomic E-state index is 0.166. The van der Waals surface area contributed by atoms with E-state index in [1.54, 1.807) is 13.1 Å². The maximum Gasteiger partial charge on any atom is 0.177 e. The Labute approximate surface area is 103 Å². The van der Waals surface area contributed by atoms with Crippen molar-refractivity contribution in [3.63, 3.8) is 0 Å². The lowest BCUT2D eigenvalue weighted by atomic mass is 10.0. The Morgan fingerprint density at radius 1 is 1.50 bits per heavy atom. The molecular weight excluding hydrogens is 242 g/mol. The van der Waals surface area contributed by atoms with Gasteiger partial charge >= 0.3 is 0 Å². The van der Waals surface area contributed by atoms with Gasteiger partial charge in [0, 0.05) is 6.20 Å². The lowest BCUT2D eigenvalue weighted by molar-refractivity contribution is -0.133. The summed E-state index contributed by atoms with van der Waals surface area (Å²) in [5.41, 5.74) is -1.27. The molecule has 1 unspecified atom stereocenters. The minimum atomic E-state index is -1.27. The minimum Gasteiger partial charge on any atom is -0.383 e. The van der Waals surface area contributed by atoms with Gasteiger partial charge in [-0.3, -0.25) is 4.79 Å². The molecule has 1 atom stereocenters. The standard InChI is InChI=1S/C11H15NO2S2/c1-8(10(13)11(2,3)14)15-16-9-6-4-5-7-12-9/h4-8,14H,1-3H3. The summed E-state index contributed by atoms with van der Waals surface area (Å²) >= 11 is 0. The molecule has 0 radical (unpaired) electrons. The zero-order valence-corrected chi connectivity index (χ0v) is 11.1. The number of hydrogen-bond acceptors (Lipinski definition) is 5. The molecule has 16 heavy (non-hydrogen) atoms. The molecule has 0 saturated heterocycles. The van der Waals surface area contributed by atoms with Crippen LogP contribution < -0.4 is 0 Å². The molecule has 0 aliphatic rings. The average molecular weight is 257 g/mol. The summed E-state index contributed by atoms with van der Waals surface area (Å²) in [4.78, 5) is 15.8. The third kappa shape index (κ3) is 4.15. The summed E-state index contributed by atoms with van der Waals surface area (Å²) in [5.74, 6) is -0.166. The Hall–Kier alpha value is -0.520. The molecule has 1 aromatic heterocycles. The number of pyridine rings is 1. The van der Waals surface area contributed by atoms with Crippen LogP contribution in [-0.4, -0.2) is 26.7 Å². The Morgan fingerprint density at radius 2 is 2.19 bits per heavy atom. The lowest BCUT2D eigenvalue weighted by Gasteiger charge is -2.19. The number of nitrogens with zero attached hydrogens (tertiary/aromatic N) is 1. The van der Waals surface area contributed by atoms with Gasteiger partial charge in [0.15, 0.2) is 5.78 Å². The van der Waals surface area contributed by atoms with Gasteiger partial charge in [0.05, 0.1) is 5.25 Å². The first-order chi connectivity index (χ1) is 7.41. The maximum absolute atomic E-state index is 11.7. The van der Waals surface area contributed by atoms with E-state index in [1.165, 1.54) is 35.4 Å². The van der Waals surface area contributed by atoms with Crippen molar-refractivity contribution in [2.24, 2.45) is 0 Å². The lowest BCUT2D eigenvalue weighted by Crippen LogP contribution is -2.36. The van der Waals surface area contributed by atoms with Crippen LogP contribution in [0.4, 0.5) is 0 Å². The van der Waals surface area contributed by atoms with E-state index in [0.717, 1.165) is 5.03 Å². The quantitative estimate of drug-likeness (QED) is 0.822. The van der Waals surface area contributed by atoms with E-state index in [9.17, 15) is 9.90 Å². The molecule has 88 valence electrons. The SMILES string of the molecule is CC(SSc1ccccn1)C(=O)C(C)(C)O. The number of ketones is 1. The Bertz CT molecular complexity index is 349. The van der Waals surface area contributed by atoms with Gasteiger partial charge in [-0.25, -0.2) is 4.98 Å². The third-order valence-corrected chi connectivity index (χ3v) is 4.57. The molecule has 5 heteroatoms. The molecule has 0 aliphatic heterocycles. The van der Waals surface area contributed by atoms with Crippen molar-refractivity contribution < 1.29 is 9.90 Å². The van der Waals surface area contributed by atoms with E-state index in [1.807, 2.05) is 18.2 Å². The second kappa shape index (κ2) is 5.70. The highest BCUT2D eigenvalue weighted by atomic mass is 33.1. The number of carbonyl (C=O) groups excluding carboxylic acids is 1. The highest BCUT2D eigenvalue weighted by Crippen LogP contribution is 2.34. The molecule has 1 heterocycles. The molecule has 1 aromatic rings. The highest BCUT2D eigenvalue weighted by molar-refractivity contribution is 8.77. The van der Waals surface area contributed by atoms with E-state index in [4.69, 9.17) is 0 Å². The van der Waals surface area contributed by atoms with E-state index in [0.29, 0.717) is 0 Å². The van der Waals surface area contributed by atoms with Crippen LogP contribution in [0.15, 0.2) is 29.4 Å². The first-order valence-corrected chi connectivity index (χ1v) is 7.13. The van der Waals surface area contributed by atoms with Crippen molar-refractivity contribution >= 4 is 27.4 Å². The Kier molecular flexibility index (Phi) is 4.83. The normalized spacial score (nSPS) is 13.5. The number of carbonyl (C=O) groups is 1. The van der Waals surface area contributed by atoms with Crippen molar-refractivity contribution in [2.75, 3.05) is 0 Å². The van der Waals surface area contributed by atoms with Crippen molar-refractivity contribution in [3.05, 3.63) is 24.4 Å². The second-order valence-electron chi connectivity index (χ2n) is 3.91. The van der Waals surface area contributed by atoms with Gasteiger partial charge in [-0.1, -0.05) is 16.9 Å². The van der Waals surface area contributed by atoms with Crippen LogP contribution >= 0.6 is 21.6 Å². The van der Waals surface area contributed by atoms with Gasteiger partial charge in [0.2, 0.25) is 0 Å². The number of aromatic nitrogens is 1. The van der Waals surface area contributed by atoms with Gasteiger partial charge in [-0.15, -0.1) is 0 Å². The number of Topliss-reactive ketones (excluding diaryl/α,β-unsaturated/α-hetero) is 1. The monoisotopic (exact) mass is 257 g/mol. The van der Waals surface area contributed by atoms with Crippen LogP contribution in [0.2, 0.25) is 0 Å². The summed E-state index contributed by atoms with van der Waals surface area (Å²) in [6.07, 6.45) is 1.71. The van der Waals surface area contributed by atoms with Crippen LogP contribution in [0.1, 0.15) is 20.8 Å². The topological polar surface area (TPSA) is 50.2 Å². The maximum atomic E-state index is 11.7. The zero-order chi connectivity index (χ0) is 12.2. The van der Waals surface area contributed by atoms with Crippen LogP contribution in [0.25, 0.3) is 0 Å². The molecule has 0 bridgehead atoms.